The molecule has 0 aromatic carbocycles. The predicted molar refractivity (Wildman–Crippen MR) is 79.5 cm³/mol. The summed E-state index contributed by atoms with van der Waals surface area (Å²) in [6.45, 7) is 5.90. The van der Waals surface area contributed by atoms with Crippen molar-refractivity contribution in [3.63, 3.8) is 0 Å². The van der Waals surface area contributed by atoms with E-state index in [-0.39, 0.29) is 0 Å². The Hall–Kier alpha value is -0.200. The molecule has 110 valence electrons. The van der Waals surface area contributed by atoms with Gasteiger partial charge in [0.2, 0.25) is 0 Å². The molecule has 0 amide bonds. The highest BCUT2D eigenvalue weighted by molar-refractivity contribution is 4.87. The van der Waals surface area contributed by atoms with Gasteiger partial charge in [0.05, 0.1) is 0 Å². The first-order valence-corrected chi connectivity index (χ1v) is 6.99. The van der Waals surface area contributed by atoms with Gasteiger partial charge in [-0.15, -0.1) is 0 Å². The van der Waals surface area contributed by atoms with Gasteiger partial charge in [0.1, 0.15) is 0 Å². The molecule has 1 atom stereocenters. The summed E-state index contributed by atoms with van der Waals surface area (Å²) in [6.07, 6.45) is 2.83. The average molecular weight is 259 g/mol. The lowest BCUT2D eigenvalue weighted by molar-refractivity contribution is 0.248. The molecular formula is C13H33N5. The van der Waals surface area contributed by atoms with E-state index >= 15 is 0 Å². The van der Waals surface area contributed by atoms with Gasteiger partial charge in [0.15, 0.2) is 0 Å². The van der Waals surface area contributed by atoms with Crippen molar-refractivity contribution < 1.29 is 0 Å². The normalized spacial score (nSPS) is 16.7. The van der Waals surface area contributed by atoms with Gasteiger partial charge >= 0.3 is 0 Å². The highest BCUT2D eigenvalue weighted by atomic mass is 15.4. The van der Waals surface area contributed by atoms with Crippen molar-refractivity contribution in [2.75, 3.05) is 54.4 Å². The van der Waals surface area contributed by atoms with E-state index in [1.54, 1.807) is 0 Å². The molecular weight excluding hydrogens is 226 g/mol. The Balaban J connectivity index is 0.000000411. The van der Waals surface area contributed by atoms with Crippen molar-refractivity contribution in [1.82, 2.24) is 20.7 Å². The fourth-order valence-electron chi connectivity index (χ4n) is 1.81. The number of nitrogens with two attached hydrogens (primary N) is 1. The zero-order chi connectivity index (χ0) is 14.0. The molecule has 5 heteroatoms. The van der Waals surface area contributed by atoms with Gasteiger partial charge in [0.25, 0.3) is 0 Å². The molecule has 1 aliphatic rings. The summed E-state index contributed by atoms with van der Waals surface area (Å²) in [4.78, 5) is 4.38. The fourth-order valence-corrected chi connectivity index (χ4v) is 1.81. The SMILES string of the molecule is CCNNCC(C1CC1)N(C)C.CN(C)CCN. The Morgan fingerprint density at radius 2 is 1.78 bits per heavy atom. The summed E-state index contributed by atoms with van der Waals surface area (Å²) in [5.74, 6) is 0.936. The Bertz CT molecular complexity index is 178. The number of rotatable bonds is 8. The molecule has 1 fully saturated rings. The van der Waals surface area contributed by atoms with E-state index in [9.17, 15) is 0 Å². The average Bonchev–Trinajstić information content (AvgIpc) is 3.08. The van der Waals surface area contributed by atoms with Gasteiger partial charge in [-0.3, -0.25) is 10.9 Å². The van der Waals surface area contributed by atoms with E-state index in [2.05, 4.69) is 41.7 Å². The van der Waals surface area contributed by atoms with Crippen LogP contribution >= 0.6 is 0 Å². The van der Waals surface area contributed by atoms with Gasteiger partial charge in [0, 0.05) is 32.2 Å². The molecule has 1 unspecified atom stereocenters. The van der Waals surface area contributed by atoms with Gasteiger partial charge in [-0.25, -0.2) is 0 Å². The van der Waals surface area contributed by atoms with Gasteiger partial charge in [-0.05, 0) is 47.0 Å². The quantitative estimate of drug-likeness (QED) is 0.421. The van der Waals surface area contributed by atoms with Crippen LogP contribution in [0.4, 0.5) is 0 Å². The first-order valence-electron chi connectivity index (χ1n) is 6.99. The van der Waals surface area contributed by atoms with Crippen LogP contribution in [-0.2, 0) is 0 Å². The summed E-state index contributed by atoms with van der Waals surface area (Å²) >= 11 is 0. The number of hydrogen-bond donors (Lipinski definition) is 3. The van der Waals surface area contributed by atoms with E-state index in [0.717, 1.165) is 32.1 Å². The van der Waals surface area contributed by atoms with Crippen molar-refractivity contribution in [2.45, 2.75) is 25.8 Å². The van der Waals surface area contributed by atoms with Crippen LogP contribution in [0.2, 0.25) is 0 Å². The van der Waals surface area contributed by atoms with E-state index in [1.807, 2.05) is 14.1 Å². The summed E-state index contributed by atoms with van der Waals surface area (Å²) in [6, 6.07) is 0.712. The van der Waals surface area contributed by atoms with Crippen LogP contribution in [-0.4, -0.2) is 70.2 Å². The highest BCUT2D eigenvalue weighted by Gasteiger charge is 2.31. The van der Waals surface area contributed by atoms with Gasteiger partial charge in [-0.1, -0.05) is 6.92 Å². The van der Waals surface area contributed by atoms with E-state index in [4.69, 9.17) is 5.73 Å². The minimum Gasteiger partial charge on any atom is -0.329 e. The van der Waals surface area contributed by atoms with Crippen LogP contribution in [0.15, 0.2) is 0 Å². The van der Waals surface area contributed by atoms with Crippen molar-refractivity contribution >= 4 is 0 Å². The maximum Gasteiger partial charge on any atom is 0.0259 e. The maximum absolute atomic E-state index is 5.19. The zero-order valence-corrected chi connectivity index (χ0v) is 12.9. The Morgan fingerprint density at radius 1 is 1.17 bits per heavy atom. The molecule has 1 aliphatic carbocycles. The second-order valence-corrected chi connectivity index (χ2v) is 5.37. The summed E-state index contributed by atoms with van der Waals surface area (Å²) in [5.41, 5.74) is 11.6. The minimum atomic E-state index is 0.712. The molecule has 5 nitrogen and oxygen atoms in total. The van der Waals surface area contributed by atoms with E-state index in [1.165, 1.54) is 12.8 Å². The van der Waals surface area contributed by atoms with Crippen molar-refractivity contribution in [3.05, 3.63) is 0 Å². The summed E-state index contributed by atoms with van der Waals surface area (Å²) in [7, 11) is 8.34. The third-order valence-corrected chi connectivity index (χ3v) is 3.02. The first kappa shape index (κ1) is 17.8. The van der Waals surface area contributed by atoms with Gasteiger partial charge in [-0.2, -0.15) is 0 Å². The molecule has 0 aromatic heterocycles. The molecule has 1 saturated carbocycles. The molecule has 4 N–H and O–H groups in total. The highest BCUT2D eigenvalue weighted by Crippen LogP contribution is 2.34. The number of hydrazine groups is 1. The second kappa shape index (κ2) is 10.7. The Kier molecular flexibility index (Phi) is 10.6. The molecule has 18 heavy (non-hydrogen) atoms. The summed E-state index contributed by atoms with van der Waals surface area (Å²) < 4.78 is 0. The molecule has 1 rings (SSSR count). The monoisotopic (exact) mass is 259 g/mol. The number of likely N-dealkylation sites (N-methyl/N-ethyl adjacent to an activating group) is 2. The smallest absolute Gasteiger partial charge is 0.0259 e. The molecule has 0 spiro atoms. The van der Waals surface area contributed by atoms with Crippen LogP contribution < -0.4 is 16.6 Å². The third-order valence-electron chi connectivity index (χ3n) is 3.02. The topological polar surface area (TPSA) is 56.6 Å². The predicted octanol–water partition coefficient (Wildman–Crippen LogP) is -0.0526. The fraction of sp³-hybridized carbons (Fsp3) is 1.00. The van der Waals surface area contributed by atoms with Crippen molar-refractivity contribution in [2.24, 2.45) is 11.7 Å². The number of hydrogen-bond acceptors (Lipinski definition) is 5. The largest absolute Gasteiger partial charge is 0.329 e. The second-order valence-electron chi connectivity index (χ2n) is 5.37. The van der Waals surface area contributed by atoms with Crippen molar-refractivity contribution in [3.8, 4) is 0 Å². The number of nitrogens with zero attached hydrogens (tertiary/aromatic N) is 2. The van der Waals surface area contributed by atoms with E-state index in [0.29, 0.717) is 6.04 Å². The van der Waals surface area contributed by atoms with Crippen LogP contribution in [0.1, 0.15) is 19.8 Å². The molecule has 0 aliphatic heterocycles. The van der Waals surface area contributed by atoms with Crippen LogP contribution in [0.25, 0.3) is 0 Å². The zero-order valence-electron chi connectivity index (χ0n) is 12.9. The van der Waals surface area contributed by atoms with Crippen LogP contribution in [0.5, 0.6) is 0 Å². The maximum atomic E-state index is 5.19. The van der Waals surface area contributed by atoms with E-state index < -0.39 is 0 Å². The molecule has 0 radical (unpaired) electrons. The molecule has 0 saturated heterocycles. The lowest BCUT2D eigenvalue weighted by Crippen LogP contribution is -2.44. The first-order chi connectivity index (χ1) is 8.52. The van der Waals surface area contributed by atoms with Crippen molar-refractivity contribution in [1.29, 1.82) is 0 Å². The standard InChI is InChI=1S/C9H21N3.C4H12N2/c1-4-10-11-7-9(12(2)3)8-5-6-8;1-6(2)4-3-5/h8-11H,4-7H2,1-3H3;3-5H2,1-2H3. The number of nitrogens with one attached hydrogen (secondary N) is 2. The van der Waals surface area contributed by atoms with Crippen LogP contribution in [0.3, 0.4) is 0 Å². The molecule has 0 aromatic rings. The molecule has 0 bridgehead atoms. The minimum absolute atomic E-state index is 0.712. The summed E-state index contributed by atoms with van der Waals surface area (Å²) in [5, 5.41) is 0. The van der Waals surface area contributed by atoms with Gasteiger partial charge < -0.3 is 15.5 Å². The lowest BCUT2D eigenvalue weighted by Gasteiger charge is -2.24. The molecule has 0 heterocycles. The Labute approximate surface area is 113 Å². The lowest BCUT2D eigenvalue weighted by atomic mass is 10.2. The third kappa shape index (κ3) is 9.79. The van der Waals surface area contributed by atoms with Crippen LogP contribution in [0, 0.1) is 5.92 Å². The Morgan fingerprint density at radius 3 is 2.06 bits per heavy atom.